The first-order valence-corrected chi connectivity index (χ1v) is 6.10. The molecule has 0 fully saturated rings. The van der Waals surface area contributed by atoms with Crippen molar-refractivity contribution in [3.63, 3.8) is 0 Å². The van der Waals surface area contributed by atoms with Crippen molar-refractivity contribution < 1.29 is 39.5 Å². The summed E-state index contributed by atoms with van der Waals surface area (Å²) >= 11 is 0. The molecule has 2 aromatic rings. The minimum Gasteiger partial charge on any atom is -0.550 e. The van der Waals surface area contributed by atoms with Crippen molar-refractivity contribution in [2.75, 3.05) is 0 Å². The number of carboxylic acids is 1. The van der Waals surface area contributed by atoms with Crippen molar-refractivity contribution >= 4 is 5.97 Å². The maximum Gasteiger partial charge on any atom is 1.00 e. The van der Waals surface area contributed by atoms with Gasteiger partial charge in [0.05, 0.1) is 0 Å². The van der Waals surface area contributed by atoms with Crippen molar-refractivity contribution in [1.29, 1.82) is 0 Å². The fraction of sp³-hybridized carbons (Fsp3) is 0.188. The molecule has 92 valence electrons. The van der Waals surface area contributed by atoms with Crippen LogP contribution >= 0.6 is 0 Å². The van der Waals surface area contributed by atoms with E-state index in [2.05, 4.69) is 24.3 Å². The molecule has 0 bridgehead atoms. The van der Waals surface area contributed by atoms with Gasteiger partial charge in [-0.1, -0.05) is 54.6 Å². The summed E-state index contributed by atoms with van der Waals surface area (Å²) in [5.74, 6) is -0.979. The number of carbonyl (C=O) groups excluding carboxylic acids is 1. The van der Waals surface area contributed by atoms with E-state index in [9.17, 15) is 9.90 Å². The molecule has 0 heterocycles. The standard InChI is InChI=1S/C16H16O2.Na/c17-16(18)12-6-10-14-9-4-5-11-15(14)13-7-2-1-3-8-13;/h1-5,7-9,11H,6,10,12H2,(H,17,18);/q;+1/p-1. The first-order valence-electron chi connectivity index (χ1n) is 6.10. The Kier molecular flexibility index (Phi) is 6.85. The quantitative estimate of drug-likeness (QED) is 0.677. The molecule has 0 aliphatic rings. The van der Waals surface area contributed by atoms with Gasteiger partial charge in [-0.25, -0.2) is 0 Å². The van der Waals surface area contributed by atoms with Gasteiger partial charge in [-0.2, -0.15) is 0 Å². The van der Waals surface area contributed by atoms with Crippen LogP contribution in [0.3, 0.4) is 0 Å². The number of carbonyl (C=O) groups is 1. The van der Waals surface area contributed by atoms with Crippen molar-refractivity contribution in [2.45, 2.75) is 19.3 Å². The summed E-state index contributed by atoms with van der Waals surface area (Å²) in [5.41, 5.74) is 3.53. The topological polar surface area (TPSA) is 40.1 Å². The number of hydrogen-bond donors (Lipinski definition) is 0. The zero-order chi connectivity index (χ0) is 12.8. The van der Waals surface area contributed by atoms with E-state index in [1.165, 1.54) is 16.7 Å². The Balaban J connectivity index is 0.00000180. The van der Waals surface area contributed by atoms with Gasteiger partial charge in [0.25, 0.3) is 0 Å². The Labute approximate surface area is 135 Å². The molecule has 0 aromatic heterocycles. The summed E-state index contributed by atoms with van der Waals surface area (Å²) in [6, 6.07) is 18.3. The molecular weight excluding hydrogens is 247 g/mol. The van der Waals surface area contributed by atoms with Gasteiger partial charge >= 0.3 is 29.6 Å². The van der Waals surface area contributed by atoms with Crippen molar-refractivity contribution in [3.8, 4) is 11.1 Å². The predicted molar refractivity (Wildman–Crippen MR) is 69.8 cm³/mol. The van der Waals surface area contributed by atoms with Crippen LogP contribution in [0.4, 0.5) is 0 Å². The Morgan fingerprint density at radius 1 is 0.947 bits per heavy atom. The fourth-order valence-electron chi connectivity index (χ4n) is 2.06. The number of rotatable bonds is 5. The van der Waals surface area contributed by atoms with Gasteiger partial charge in [-0.15, -0.1) is 0 Å². The zero-order valence-electron chi connectivity index (χ0n) is 11.1. The Morgan fingerprint density at radius 2 is 1.58 bits per heavy atom. The summed E-state index contributed by atoms with van der Waals surface area (Å²) in [6.45, 7) is 0. The Hall–Kier alpha value is -1.09. The second kappa shape index (κ2) is 8.16. The summed E-state index contributed by atoms with van der Waals surface area (Å²) in [5, 5.41) is 10.4. The third-order valence-electron chi connectivity index (χ3n) is 2.93. The van der Waals surface area contributed by atoms with E-state index in [0.29, 0.717) is 6.42 Å². The number of aryl methyl sites for hydroxylation is 1. The minimum atomic E-state index is -0.979. The molecule has 0 saturated heterocycles. The SMILES string of the molecule is O=C([O-])CCCc1ccccc1-c1ccccc1.[Na+]. The van der Waals surface area contributed by atoms with Gasteiger partial charge < -0.3 is 9.90 Å². The minimum absolute atomic E-state index is 0. The smallest absolute Gasteiger partial charge is 0.550 e. The summed E-state index contributed by atoms with van der Waals surface area (Å²) < 4.78 is 0. The van der Waals surface area contributed by atoms with E-state index >= 15 is 0 Å². The first-order chi connectivity index (χ1) is 8.77. The zero-order valence-corrected chi connectivity index (χ0v) is 13.1. The van der Waals surface area contributed by atoms with E-state index in [-0.39, 0.29) is 36.0 Å². The predicted octanol–water partition coefficient (Wildman–Crippen LogP) is -0.570. The summed E-state index contributed by atoms with van der Waals surface area (Å²) in [6.07, 6.45) is 1.49. The molecule has 0 aliphatic heterocycles. The molecule has 0 N–H and O–H groups in total. The molecule has 3 heteroatoms. The maximum absolute atomic E-state index is 10.4. The average Bonchev–Trinajstić information content (AvgIpc) is 2.40. The average molecular weight is 262 g/mol. The van der Waals surface area contributed by atoms with Gasteiger partial charge in [0.1, 0.15) is 0 Å². The molecule has 2 rings (SSSR count). The van der Waals surface area contributed by atoms with E-state index in [1.807, 2.05) is 30.3 Å². The van der Waals surface area contributed by atoms with Crippen LogP contribution in [0.15, 0.2) is 54.6 Å². The van der Waals surface area contributed by atoms with Crippen LogP contribution in [-0.4, -0.2) is 5.97 Å². The monoisotopic (exact) mass is 262 g/mol. The normalized spacial score (nSPS) is 9.68. The van der Waals surface area contributed by atoms with E-state index < -0.39 is 5.97 Å². The number of hydrogen-bond acceptors (Lipinski definition) is 2. The molecule has 0 aliphatic carbocycles. The van der Waals surface area contributed by atoms with Crippen LogP contribution in [0, 0.1) is 0 Å². The molecule has 2 aromatic carbocycles. The number of benzene rings is 2. The second-order valence-electron chi connectivity index (χ2n) is 4.25. The Bertz CT molecular complexity index is 523. The van der Waals surface area contributed by atoms with Crippen LogP contribution in [0.5, 0.6) is 0 Å². The largest absolute Gasteiger partial charge is 1.00 e. The van der Waals surface area contributed by atoms with E-state index in [1.54, 1.807) is 0 Å². The summed E-state index contributed by atoms with van der Waals surface area (Å²) in [7, 11) is 0. The molecule has 0 atom stereocenters. The third-order valence-corrected chi connectivity index (χ3v) is 2.93. The number of aliphatic carboxylic acids is 1. The van der Waals surface area contributed by atoms with Gasteiger partial charge in [0.15, 0.2) is 0 Å². The van der Waals surface area contributed by atoms with Crippen molar-refractivity contribution in [1.82, 2.24) is 0 Å². The van der Waals surface area contributed by atoms with Crippen molar-refractivity contribution in [3.05, 3.63) is 60.2 Å². The summed E-state index contributed by atoms with van der Waals surface area (Å²) in [4.78, 5) is 10.4. The maximum atomic E-state index is 10.4. The molecule has 0 radical (unpaired) electrons. The molecule has 0 unspecified atom stereocenters. The fourth-order valence-corrected chi connectivity index (χ4v) is 2.06. The van der Waals surface area contributed by atoms with Gasteiger partial charge in [0, 0.05) is 5.97 Å². The first kappa shape index (κ1) is 16.0. The molecule has 0 amide bonds. The molecule has 19 heavy (non-hydrogen) atoms. The van der Waals surface area contributed by atoms with Crippen LogP contribution in [0.2, 0.25) is 0 Å². The third kappa shape index (κ3) is 4.83. The molecule has 0 spiro atoms. The molecule has 0 saturated carbocycles. The number of carboxylic acid groups (broad SMARTS) is 1. The second-order valence-corrected chi connectivity index (χ2v) is 4.25. The molecular formula is C16H15NaO2. The van der Waals surface area contributed by atoms with Crippen LogP contribution in [-0.2, 0) is 11.2 Å². The Morgan fingerprint density at radius 3 is 2.26 bits per heavy atom. The van der Waals surface area contributed by atoms with Gasteiger partial charge in [-0.05, 0) is 36.0 Å². The van der Waals surface area contributed by atoms with Crippen LogP contribution < -0.4 is 34.7 Å². The van der Waals surface area contributed by atoms with E-state index in [4.69, 9.17) is 0 Å². The van der Waals surface area contributed by atoms with Gasteiger partial charge in [0.2, 0.25) is 0 Å². The van der Waals surface area contributed by atoms with Crippen LogP contribution in [0.25, 0.3) is 11.1 Å². The van der Waals surface area contributed by atoms with Crippen molar-refractivity contribution in [2.24, 2.45) is 0 Å². The van der Waals surface area contributed by atoms with Gasteiger partial charge in [-0.3, -0.25) is 0 Å². The molecule has 2 nitrogen and oxygen atoms in total. The van der Waals surface area contributed by atoms with Crippen LogP contribution in [0.1, 0.15) is 18.4 Å². The van der Waals surface area contributed by atoms with E-state index in [0.717, 1.165) is 6.42 Å².